The Hall–Kier alpha value is -0.910. The number of carbonyl (C=O) groups is 1. The molecule has 0 bridgehead atoms. The number of halogens is 1. The van der Waals surface area contributed by atoms with Crippen LogP contribution < -0.4 is 10.6 Å². The molecule has 2 rings (SSSR count). The summed E-state index contributed by atoms with van der Waals surface area (Å²) in [4.78, 5) is 11.8. The number of phenolic OH excluding ortho intramolecular Hbond substituents is 1. The van der Waals surface area contributed by atoms with Gasteiger partial charge in [0.15, 0.2) is 0 Å². The van der Waals surface area contributed by atoms with Gasteiger partial charge >= 0.3 is 0 Å². The SMILES string of the molecule is Cc1ccc(NC(=O)C2CSCN2)c(O)c1.Cl. The maximum Gasteiger partial charge on any atom is 0.242 e. The van der Waals surface area contributed by atoms with Crippen molar-refractivity contribution in [3.63, 3.8) is 0 Å². The minimum absolute atomic E-state index is 0. The highest BCUT2D eigenvalue weighted by atomic mass is 35.5. The van der Waals surface area contributed by atoms with Crippen molar-refractivity contribution in [2.75, 3.05) is 16.9 Å². The maximum absolute atomic E-state index is 11.8. The summed E-state index contributed by atoms with van der Waals surface area (Å²) in [6.07, 6.45) is 0. The van der Waals surface area contributed by atoms with E-state index in [9.17, 15) is 9.90 Å². The number of phenols is 1. The zero-order chi connectivity index (χ0) is 11.5. The quantitative estimate of drug-likeness (QED) is 0.719. The van der Waals surface area contributed by atoms with E-state index >= 15 is 0 Å². The Bertz CT molecular complexity index is 408. The predicted octanol–water partition coefficient (Wildman–Crippen LogP) is 1.72. The fourth-order valence-electron chi connectivity index (χ4n) is 1.53. The first-order chi connectivity index (χ1) is 7.66. The van der Waals surface area contributed by atoms with Gasteiger partial charge in [-0.2, -0.15) is 0 Å². The molecule has 1 aromatic rings. The van der Waals surface area contributed by atoms with E-state index < -0.39 is 0 Å². The second-order valence-corrected chi connectivity index (χ2v) is 4.81. The molecule has 6 heteroatoms. The molecule has 4 nitrogen and oxygen atoms in total. The highest BCUT2D eigenvalue weighted by Crippen LogP contribution is 2.24. The highest BCUT2D eigenvalue weighted by molar-refractivity contribution is 7.99. The van der Waals surface area contributed by atoms with Crippen molar-refractivity contribution < 1.29 is 9.90 Å². The van der Waals surface area contributed by atoms with Crippen LogP contribution in [0.1, 0.15) is 5.56 Å². The summed E-state index contributed by atoms with van der Waals surface area (Å²) < 4.78 is 0. The molecule has 1 fully saturated rings. The summed E-state index contributed by atoms with van der Waals surface area (Å²) >= 11 is 1.69. The lowest BCUT2D eigenvalue weighted by molar-refractivity contribution is -0.117. The molecule has 1 atom stereocenters. The van der Waals surface area contributed by atoms with Crippen LogP contribution in [0.15, 0.2) is 18.2 Å². The van der Waals surface area contributed by atoms with E-state index in [0.29, 0.717) is 5.69 Å². The molecule has 1 heterocycles. The number of hydrogen-bond acceptors (Lipinski definition) is 4. The summed E-state index contributed by atoms with van der Waals surface area (Å²) in [6.45, 7) is 1.89. The molecule has 3 N–H and O–H groups in total. The number of hydrogen-bond donors (Lipinski definition) is 3. The van der Waals surface area contributed by atoms with Crippen molar-refractivity contribution in [2.24, 2.45) is 0 Å². The van der Waals surface area contributed by atoms with Gasteiger partial charge in [0.05, 0.1) is 11.7 Å². The average molecular weight is 275 g/mol. The minimum atomic E-state index is -0.161. The van der Waals surface area contributed by atoms with E-state index in [1.165, 1.54) is 0 Å². The minimum Gasteiger partial charge on any atom is -0.506 e. The second-order valence-electron chi connectivity index (χ2n) is 3.78. The van der Waals surface area contributed by atoms with Crippen molar-refractivity contribution in [1.29, 1.82) is 0 Å². The smallest absolute Gasteiger partial charge is 0.242 e. The third-order valence-electron chi connectivity index (χ3n) is 2.44. The molecule has 0 aromatic heterocycles. The van der Waals surface area contributed by atoms with Gasteiger partial charge in [0.25, 0.3) is 0 Å². The van der Waals surface area contributed by atoms with Crippen molar-refractivity contribution in [2.45, 2.75) is 13.0 Å². The van der Waals surface area contributed by atoms with Crippen LogP contribution in [0.2, 0.25) is 0 Å². The number of amides is 1. The molecule has 1 saturated heterocycles. The Labute approximate surface area is 111 Å². The first kappa shape index (κ1) is 14.2. The lowest BCUT2D eigenvalue weighted by Crippen LogP contribution is -2.37. The number of anilines is 1. The van der Waals surface area contributed by atoms with Gasteiger partial charge in [-0.25, -0.2) is 0 Å². The molecule has 0 spiro atoms. The Kier molecular flexibility index (Phi) is 5.11. The second kappa shape index (κ2) is 6.14. The van der Waals surface area contributed by atoms with Gasteiger partial charge in [0, 0.05) is 11.6 Å². The Balaban J connectivity index is 0.00000144. The van der Waals surface area contributed by atoms with Gasteiger partial charge in [0.1, 0.15) is 5.75 Å². The van der Waals surface area contributed by atoms with Crippen molar-refractivity contribution in [1.82, 2.24) is 5.32 Å². The molecule has 1 aliphatic rings. The molecule has 1 amide bonds. The molecule has 94 valence electrons. The predicted molar refractivity (Wildman–Crippen MR) is 73.0 cm³/mol. The van der Waals surface area contributed by atoms with Gasteiger partial charge in [0.2, 0.25) is 5.91 Å². The molecule has 17 heavy (non-hydrogen) atoms. The number of thioether (sulfide) groups is 1. The molecular weight excluding hydrogens is 260 g/mol. The topological polar surface area (TPSA) is 61.4 Å². The van der Waals surface area contributed by atoms with E-state index in [2.05, 4.69) is 10.6 Å². The summed E-state index contributed by atoms with van der Waals surface area (Å²) in [5, 5.41) is 15.4. The van der Waals surface area contributed by atoms with Crippen LogP contribution in [0, 0.1) is 6.92 Å². The van der Waals surface area contributed by atoms with Gasteiger partial charge in [-0.15, -0.1) is 24.2 Å². The lowest BCUT2D eigenvalue weighted by atomic mass is 10.2. The van der Waals surface area contributed by atoms with E-state index in [4.69, 9.17) is 0 Å². The van der Waals surface area contributed by atoms with Crippen molar-refractivity contribution in [3.8, 4) is 5.75 Å². The summed E-state index contributed by atoms with van der Waals surface area (Å²) in [5.41, 5.74) is 1.43. The third-order valence-corrected chi connectivity index (χ3v) is 3.38. The van der Waals surface area contributed by atoms with Crippen LogP contribution >= 0.6 is 24.2 Å². The van der Waals surface area contributed by atoms with Crippen LogP contribution in [0.25, 0.3) is 0 Å². The first-order valence-corrected chi connectivity index (χ1v) is 6.24. The van der Waals surface area contributed by atoms with Crippen molar-refractivity contribution in [3.05, 3.63) is 23.8 Å². The van der Waals surface area contributed by atoms with E-state index in [1.54, 1.807) is 23.9 Å². The number of rotatable bonds is 2. The molecular formula is C11H15ClN2O2S. The molecule has 1 aromatic carbocycles. The number of carbonyl (C=O) groups excluding carboxylic acids is 1. The number of aromatic hydroxyl groups is 1. The normalized spacial score (nSPS) is 18.5. The summed E-state index contributed by atoms with van der Waals surface area (Å²) in [5.74, 6) is 1.60. The Morgan fingerprint density at radius 2 is 2.35 bits per heavy atom. The molecule has 0 saturated carbocycles. The van der Waals surface area contributed by atoms with E-state index in [-0.39, 0.29) is 30.1 Å². The average Bonchev–Trinajstić information content (AvgIpc) is 2.75. The monoisotopic (exact) mass is 274 g/mol. The summed E-state index contributed by atoms with van der Waals surface area (Å²) in [6, 6.07) is 5.04. The lowest BCUT2D eigenvalue weighted by Gasteiger charge is -2.11. The van der Waals surface area contributed by atoms with Gasteiger partial charge < -0.3 is 10.4 Å². The zero-order valence-corrected chi connectivity index (χ0v) is 11.0. The van der Waals surface area contributed by atoms with E-state index in [1.807, 2.05) is 13.0 Å². The molecule has 0 radical (unpaired) electrons. The maximum atomic E-state index is 11.8. The molecule has 1 unspecified atom stereocenters. The number of aryl methyl sites for hydroxylation is 1. The number of benzene rings is 1. The van der Waals surface area contributed by atoms with Crippen LogP contribution in [-0.2, 0) is 4.79 Å². The zero-order valence-electron chi connectivity index (χ0n) is 9.40. The molecule has 0 aliphatic carbocycles. The largest absolute Gasteiger partial charge is 0.506 e. The summed E-state index contributed by atoms with van der Waals surface area (Å²) in [7, 11) is 0. The van der Waals surface area contributed by atoms with Crippen LogP contribution in [0.3, 0.4) is 0 Å². The Morgan fingerprint density at radius 1 is 1.59 bits per heavy atom. The van der Waals surface area contributed by atoms with Crippen molar-refractivity contribution >= 4 is 35.8 Å². The number of nitrogens with one attached hydrogen (secondary N) is 2. The standard InChI is InChI=1S/C11H14N2O2S.ClH/c1-7-2-3-8(10(14)4-7)13-11(15)9-5-16-6-12-9;/h2-4,9,12,14H,5-6H2,1H3,(H,13,15);1H. The van der Waals surface area contributed by atoms with Crippen LogP contribution in [0.4, 0.5) is 5.69 Å². The third kappa shape index (κ3) is 3.52. The van der Waals surface area contributed by atoms with Gasteiger partial charge in [-0.1, -0.05) is 6.07 Å². The first-order valence-electron chi connectivity index (χ1n) is 5.08. The Morgan fingerprint density at radius 3 is 2.94 bits per heavy atom. The highest BCUT2D eigenvalue weighted by Gasteiger charge is 2.22. The van der Waals surface area contributed by atoms with Crippen LogP contribution in [-0.4, -0.2) is 28.7 Å². The fraction of sp³-hybridized carbons (Fsp3) is 0.364. The molecule has 1 aliphatic heterocycles. The van der Waals surface area contributed by atoms with E-state index in [0.717, 1.165) is 17.2 Å². The fourth-order valence-corrected chi connectivity index (χ4v) is 2.47. The van der Waals surface area contributed by atoms with Gasteiger partial charge in [-0.3, -0.25) is 10.1 Å². The van der Waals surface area contributed by atoms with Crippen LogP contribution in [0.5, 0.6) is 5.75 Å². The van der Waals surface area contributed by atoms with Gasteiger partial charge in [-0.05, 0) is 24.6 Å².